The predicted octanol–water partition coefficient (Wildman–Crippen LogP) is 3.35. The Morgan fingerprint density at radius 2 is 1.93 bits per heavy atom. The topological polar surface area (TPSA) is 74.3 Å². The standard InChI is InChI=1S/C22H26N4O2/c27-21(17-6-3-7-17)25-18-8-9-20(26-11-1-2-12-26)19(13-18)22(28)24-15-16-5-4-10-23-14-16/h4-5,8-10,13-14,17H,1-3,6-7,11-12,15H2,(H,24,28)(H,25,27). The smallest absolute Gasteiger partial charge is 0.253 e. The maximum absolute atomic E-state index is 13.0. The van der Waals surface area contributed by atoms with Gasteiger partial charge in [-0.3, -0.25) is 14.6 Å². The molecule has 1 saturated carbocycles. The second kappa shape index (κ2) is 8.42. The number of benzene rings is 1. The first-order chi connectivity index (χ1) is 13.7. The Kier molecular flexibility index (Phi) is 5.55. The van der Waals surface area contributed by atoms with Crippen molar-refractivity contribution in [2.75, 3.05) is 23.3 Å². The Morgan fingerprint density at radius 1 is 1.11 bits per heavy atom. The average Bonchev–Trinajstić information content (AvgIpc) is 3.20. The molecule has 0 unspecified atom stereocenters. The molecule has 4 rings (SSSR count). The van der Waals surface area contributed by atoms with Crippen LogP contribution in [-0.4, -0.2) is 29.9 Å². The lowest BCUT2D eigenvalue weighted by Crippen LogP contribution is -2.29. The van der Waals surface area contributed by atoms with Crippen LogP contribution < -0.4 is 15.5 Å². The Morgan fingerprint density at radius 3 is 2.61 bits per heavy atom. The summed E-state index contributed by atoms with van der Waals surface area (Å²) in [5, 5.41) is 5.97. The molecule has 1 aliphatic carbocycles. The second-order valence-electron chi connectivity index (χ2n) is 7.59. The lowest BCUT2D eigenvalue weighted by molar-refractivity contribution is -0.122. The second-order valence-corrected chi connectivity index (χ2v) is 7.59. The van der Waals surface area contributed by atoms with Gasteiger partial charge in [0.1, 0.15) is 0 Å². The number of hydrogen-bond donors (Lipinski definition) is 2. The highest BCUT2D eigenvalue weighted by Gasteiger charge is 2.26. The molecule has 146 valence electrons. The van der Waals surface area contributed by atoms with Crippen molar-refractivity contribution in [2.24, 2.45) is 5.92 Å². The molecule has 2 heterocycles. The molecule has 1 saturated heterocycles. The fourth-order valence-electron chi connectivity index (χ4n) is 3.72. The SMILES string of the molecule is O=C(NCc1cccnc1)c1cc(NC(=O)C2CCC2)ccc1N1CCCC1. The molecule has 2 fully saturated rings. The first kappa shape index (κ1) is 18.5. The molecular formula is C22H26N4O2. The molecule has 6 heteroatoms. The van der Waals surface area contributed by atoms with E-state index in [9.17, 15) is 9.59 Å². The predicted molar refractivity (Wildman–Crippen MR) is 109 cm³/mol. The van der Waals surface area contributed by atoms with Crippen molar-refractivity contribution in [1.82, 2.24) is 10.3 Å². The van der Waals surface area contributed by atoms with E-state index >= 15 is 0 Å². The van der Waals surface area contributed by atoms with Crippen LogP contribution in [0.4, 0.5) is 11.4 Å². The Hall–Kier alpha value is -2.89. The van der Waals surface area contributed by atoms with E-state index in [-0.39, 0.29) is 17.7 Å². The van der Waals surface area contributed by atoms with Crippen LogP contribution in [0.3, 0.4) is 0 Å². The quantitative estimate of drug-likeness (QED) is 0.808. The van der Waals surface area contributed by atoms with Crippen molar-refractivity contribution in [3.8, 4) is 0 Å². The van der Waals surface area contributed by atoms with Gasteiger partial charge < -0.3 is 15.5 Å². The first-order valence-corrected chi connectivity index (χ1v) is 10.1. The zero-order valence-corrected chi connectivity index (χ0v) is 16.0. The lowest BCUT2D eigenvalue weighted by atomic mass is 9.85. The molecule has 0 bridgehead atoms. The van der Waals surface area contributed by atoms with Crippen molar-refractivity contribution in [1.29, 1.82) is 0 Å². The fraction of sp³-hybridized carbons (Fsp3) is 0.409. The van der Waals surface area contributed by atoms with Gasteiger partial charge in [-0.2, -0.15) is 0 Å². The largest absolute Gasteiger partial charge is 0.371 e. The Balaban J connectivity index is 1.53. The summed E-state index contributed by atoms with van der Waals surface area (Å²) in [4.78, 5) is 31.6. The summed E-state index contributed by atoms with van der Waals surface area (Å²) in [6.45, 7) is 2.33. The molecule has 2 aliphatic rings. The van der Waals surface area contributed by atoms with Crippen molar-refractivity contribution >= 4 is 23.2 Å². The van der Waals surface area contributed by atoms with Crippen LogP contribution in [0.25, 0.3) is 0 Å². The Bertz CT molecular complexity index is 843. The summed E-state index contributed by atoms with van der Waals surface area (Å²) in [5.74, 6) is 0.0357. The number of nitrogens with one attached hydrogen (secondary N) is 2. The van der Waals surface area contributed by atoms with Crippen molar-refractivity contribution < 1.29 is 9.59 Å². The van der Waals surface area contributed by atoms with Gasteiger partial charge in [-0.15, -0.1) is 0 Å². The molecule has 0 atom stereocenters. The zero-order valence-electron chi connectivity index (χ0n) is 16.0. The molecule has 2 aromatic rings. The van der Waals surface area contributed by atoms with Gasteiger partial charge in [-0.25, -0.2) is 0 Å². The van der Waals surface area contributed by atoms with Gasteiger partial charge in [0.15, 0.2) is 0 Å². The normalized spacial score (nSPS) is 16.5. The molecule has 2 amide bonds. The summed E-state index contributed by atoms with van der Waals surface area (Å²) < 4.78 is 0. The highest BCUT2D eigenvalue weighted by molar-refractivity contribution is 6.02. The van der Waals surface area contributed by atoms with Crippen LogP contribution in [0.5, 0.6) is 0 Å². The van der Waals surface area contributed by atoms with Gasteiger partial charge in [-0.1, -0.05) is 12.5 Å². The number of anilines is 2. The third-order valence-electron chi connectivity index (χ3n) is 5.61. The molecule has 2 N–H and O–H groups in total. The van der Waals surface area contributed by atoms with Crippen molar-refractivity contribution in [3.05, 3.63) is 53.9 Å². The first-order valence-electron chi connectivity index (χ1n) is 10.1. The number of carbonyl (C=O) groups is 2. The van der Waals surface area contributed by atoms with E-state index in [4.69, 9.17) is 0 Å². The summed E-state index contributed by atoms with van der Waals surface area (Å²) in [6, 6.07) is 9.46. The molecule has 1 aliphatic heterocycles. The molecule has 6 nitrogen and oxygen atoms in total. The molecule has 0 radical (unpaired) electrons. The van der Waals surface area contributed by atoms with Gasteiger partial charge in [0.2, 0.25) is 5.91 Å². The number of carbonyl (C=O) groups excluding carboxylic acids is 2. The molecule has 1 aromatic heterocycles. The highest BCUT2D eigenvalue weighted by atomic mass is 16.2. The van der Waals surface area contributed by atoms with E-state index in [0.29, 0.717) is 17.8 Å². The van der Waals surface area contributed by atoms with E-state index in [2.05, 4.69) is 20.5 Å². The third kappa shape index (κ3) is 4.16. The number of hydrogen-bond acceptors (Lipinski definition) is 4. The number of aromatic nitrogens is 1. The van der Waals surface area contributed by atoms with Gasteiger partial charge in [-0.05, 0) is 55.5 Å². The minimum Gasteiger partial charge on any atom is -0.371 e. The molecular weight excluding hydrogens is 352 g/mol. The Labute approximate surface area is 165 Å². The van der Waals surface area contributed by atoms with E-state index in [1.54, 1.807) is 12.4 Å². The lowest BCUT2D eigenvalue weighted by Gasteiger charge is -2.25. The van der Waals surface area contributed by atoms with E-state index < -0.39 is 0 Å². The van der Waals surface area contributed by atoms with Crippen LogP contribution in [0, 0.1) is 5.92 Å². The average molecular weight is 378 g/mol. The zero-order chi connectivity index (χ0) is 19.3. The number of rotatable bonds is 6. The fourth-order valence-corrected chi connectivity index (χ4v) is 3.72. The number of pyridine rings is 1. The van der Waals surface area contributed by atoms with Crippen LogP contribution in [-0.2, 0) is 11.3 Å². The molecule has 0 spiro atoms. The summed E-state index contributed by atoms with van der Waals surface area (Å²) in [6.07, 6.45) is 8.76. The maximum atomic E-state index is 13.0. The summed E-state index contributed by atoms with van der Waals surface area (Å²) in [5.41, 5.74) is 3.18. The minimum atomic E-state index is -0.134. The minimum absolute atomic E-state index is 0.0573. The third-order valence-corrected chi connectivity index (χ3v) is 5.61. The van der Waals surface area contributed by atoms with Gasteiger partial charge in [0.25, 0.3) is 5.91 Å². The number of nitrogens with zero attached hydrogens (tertiary/aromatic N) is 2. The van der Waals surface area contributed by atoms with Crippen LogP contribution in [0.1, 0.15) is 48.0 Å². The van der Waals surface area contributed by atoms with E-state index in [0.717, 1.165) is 56.4 Å². The van der Waals surface area contributed by atoms with E-state index in [1.807, 2.05) is 30.3 Å². The number of amides is 2. The van der Waals surface area contributed by atoms with Crippen LogP contribution in [0.15, 0.2) is 42.7 Å². The molecule has 1 aromatic carbocycles. The van der Waals surface area contributed by atoms with Gasteiger partial charge in [0.05, 0.1) is 5.56 Å². The van der Waals surface area contributed by atoms with Crippen molar-refractivity contribution in [3.63, 3.8) is 0 Å². The van der Waals surface area contributed by atoms with Crippen LogP contribution in [0.2, 0.25) is 0 Å². The molecule has 28 heavy (non-hydrogen) atoms. The monoisotopic (exact) mass is 378 g/mol. The van der Waals surface area contributed by atoms with Crippen LogP contribution >= 0.6 is 0 Å². The highest BCUT2D eigenvalue weighted by Crippen LogP contribution is 2.30. The van der Waals surface area contributed by atoms with Gasteiger partial charge >= 0.3 is 0 Å². The van der Waals surface area contributed by atoms with Gasteiger partial charge in [0, 0.05) is 49.3 Å². The van der Waals surface area contributed by atoms with Crippen molar-refractivity contribution in [2.45, 2.75) is 38.6 Å². The van der Waals surface area contributed by atoms with E-state index in [1.165, 1.54) is 0 Å². The summed E-state index contributed by atoms with van der Waals surface area (Å²) in [7, 11) is 0. The maximum Gasteiger partial charge on any atom is 0.253 e. The summed E-state index contributed by atoms with van der Waals surface area (Å²) >= 11 is 0.